The van der Waals surface area contributed by atoms with Crippen LogP contribution in [0.2, 0.25) is 0 Å². The molecule has 0 atom stereocenters. The van der Waals surface area contributed by atoms with Gasteiger partial charge in [-0.05, 0) is 36.8 Å². The van der Waals surface area contributed by atoms with E-state index < -0.39 is 5.56 Å². The molecule has 5 nitrogen and oxygen atoms in total. The molecule has 19 heavy (non-hydrogen) atoms. The number of nitrogens with zero attached hydrogens (tertiary/aromatic N) is 2. The van der Waals surface area contributed by atoms with Crippen molar-refractivity contribution in [1.82, 2.24) is 9.78 Å². The Hall–Kier alpha value is -2.43. The Labute approximate surface area is 110 Å². The third-order valence-corrected chi connectivity index (χ3v) is 2.91. The lowest BCUT2D eigenvalue weighted by molar-refractivity contribution is 0.112. The summed E-state index contributed by atoms with van der Waals surface area (Å²) in [5.74, 6) is 0.782. The van der Waals surface area contributed by atoms with Crippen LogP contribution in [0.25, 0.3) is 11.3 Å². The molecule has 0 amide bonds. The molecule has 1 heterocycles. The first-order chi connectivity index (χ1) is 9.06. The molecule has 0 spiro atoms. The van der Waals surface area contributed by atoms with Crippen LogP contribution in [0.5, 0.6) is 5.75 Å². The van der Waals surface area contributed by atoms with Crippen molar-refractivity contribution in [3.05, 3.63) is 45.7 Å². The van der Waals surface area contributed by atoms with E-state index in [1.165, 1.54) is 17.8 Å². The summed E-state index contributed by atoms with van der Waals surface area (Å²) in [6.45, 7) is 1.92. The van der Waals surface area contributed by atoms with Crippen molar-refractivity contribution in [2.75, 3.05) is 7.11 Å². The van der Waals surface area contributed by atoms with Crippen LogP contribution < -0.4 is 10.3 Å². The molecule has 0 bridgehead atoms. The van der Waals surface area contributed by atoms with E-state index in [1.54, 1.807) is 7.11 Å². The van der Waals surface area contributed by atoms with Crippen LogP contribution >= 0.6 is 0 Å². The van der Waals surface area contributed by atoms with Crippen LogP contribution in [0.4, 0.5) is 0 Å². The largest absolute Gasteiger partial charge is 0.496 e. The molecule has 0 radical (unpaired) electrons. The molecule has 0 fully saturated rings. The van der Waals surface area contributed by atoms with Crippen molar-refractivity contribution in [2.24, 2.45) is 7.05 Å². The zero-order valence-corrected chi connectivity index (χ0v) is 11.0. The smallest absolute Gasteiger partial charge is 0.277 e. The normalized spacial score (nSPS) is 10.3. The maximum absolute atomic E-state index is 11.6. The predicted octanol–water partition coefficient (Wildman–Crippen LogP) is 1.58. The molecule has 2 aromatic rings. The highest BCUT2D eigenvalue weighted by Gasteiger charge is 2.08. The molecule has 0 saturated heterocycles. The van der Waals surface area contributed by atoms with Gasteiger partial charge in [0.15, 0.2) is 6.29 Å². The lowest BCUT2D eigenvalue weighted by atomic mass is 10.1. The van der Waals surface area contributed by atoms with E-state index in [1.807, 2.05) is 25.1 Å². The quantitative estimate of drug-likeness (QED) is 0.784. The first-order valence-corrected chi connectivity index (χ1v) is 5.75. The summed E-state index contributed by atoms with van der Waals surface area (Å²) >= 11 is 0. The first kappa shape index (κ1) is 13.0. The molecule has 5 heteroatoms. The number of carbonyl (C=O) groups is 1. The molecule has 2 rings (SSSR count). The predicted molar refractivity (Wildman–Crippen MR) is 71.6 cm³/mol. The Kier molecular flexibility index (Phi) is 3.46. The molecule has 0 saturated carbocycles. The molecule has 0 unspecified atom stereocenters. The maximum Gasteiger partial charge on any atom is 0.277 e. The van der Waals surface area contributed by atoms with Gasteiger partial charge >= 0.3 is 0 Å². The average Bonchev–Trinajstić information content (AvgIpc) is 2.41. The Morgan fingerprint density at radius 2 is 2.05 bits per heavy atom. The van der Waals surface area contributed by atoms with Crippen molar-refractivity contribution >= 4 is 6.29 Å². The topological polar surface area (TPSA) is 61.2 Å². The van der Waals surface area contributed by atoms with Crippen molar-refractivity contribution in [3.63, 3.8) is 0 Å². The molecule has 0 aliphatic heterocycles. The Morgan fingerprint density at radius 1 is 1.32 bits per heavy atom. The minimum Gasteiger partial charge on any atom is -0.496 e. The van der Waals surface area contributed by atoms with E-state index >= 15 is 0 Å². The number of methoxy groups -OCH3 is 1. The summed E-state index contributed by atoms with van der Waals surface area (Å²) in [6, 6.07) is 7.07. The summed E-state index contributed by atoms with van der Waals surface area (Å²) in [5.41, 5.74) is 2.07. The van der Waals surface area contributed by atoms with Crippen LogP contribution in [-0.2, 0) is 7.05 Å². The fourth-order valence-electron chi connectivity index (χ4n) is 1.90. The standard InChI is InChI=1S/C14H14N2O3/c1-9-6-10(4-5-13(9)19-3)12-7-11(8-17)14(18)16(2)15-12/h4-8H,1-3H3. The van der Waals surface area contributed by atoms with Gasteiger partial charge in [-0.25, -0.2) is 4.68 Å². The number of aromatic nitrogens is 2. The lowest BCUT2D eigenvalue weighted by Gasteiger charge is -2.08. The van der Waals surface area contributed by atoms with Crippen LogP contribution in [-0.4, -0.2) is 23.2 Å². The van der Waals surface area contributed by atoms with E-state index in [0.717, 1.165) is 16.9 Å². The van der Waals surface area contributed by atoms with Crippen LogP contribution in [0.3, 0.4) is 0 Å². The zero-order valence-electron chi connectivity index (χ0n) is 11.0. The molecule has 1 aromatic carbocycles. The second-order valence-corrected chi connectivity index (χ2v) is 4.22. The number of hydrogen-bond acceptors (Lipinski definition) is 4. The van der Waals surface area contributed by atoms with Gasteiger partial charge in [-0.3, -0.25) is 9.59 Å². The molecule has 0 aliphatic carbocycles. The summed E-state index contributed by atoms with van der Waals surface area (Å²) < 4.78 is 6.36. The molecular weight excluding hydrogens is 244 g/mol. The second kappa shape index (κ2) is 5.06. The number of benzene rings is 1. The third-order valence-electron chi connectivity index (χ3n) is 2.91. The van der Waals surface area contributed by atoms with Gasteiger partial charge in [0.25, 0.3) is 5.56 Å². The van der Waals surface area contributed by atoms with E-state index in [0.29, 0.717) is 12.0 Å². The Bertz CT molecular complexity index is 690. The van der Waals surface area contributed by atoms with Crippen LogP contribution in [0.1, 0.15) is 15.9 Å². The fraction of sp³-hybridized carbons (Fsp3) is 0.214. The van der Waals surface area contributed by atoms with E-state index in [2.05, 4.69) is 5.10 Å². The van der Waals surface area contributed by atoms with Gasteiger partial charge in [0.1, 0.15) is 5.75 Å². The van der Waals surface area contributed by atoms with Gasteiger partial charge in [0, 0.05) is 12.6 Å². The van der Waals surface area contributed by atoms with Crippen LogP contribution in [0.15, 0.2) is 29.1 Å². The summed E-state index contributed by atoms with van der Waals surface area (Å²) in [5, 5.41) is 4.15. The molecular formula is C14H14N2O3. The maximum atomic E-state index is 11.6. The number of hydrogen-bond donors (Lipinski definition) is 0. The summed E-state index contributed by atoms with van der Waals surface area (Å²) in [7, 11) is 3.13. The average molecular weight is 258 g/mol. The van der Waals surface area contributed by atoms with E-state index in [4.69, 9.17) is 4.74 Å². The summed E-state index contributed by atoms with van der Waals surface area (Å²) in [6.07, 6.45) is 0.546. The lowest BCUT2D eigenvalue weighted by Crippen LogP contribution is -2.23. The SMILES string of the molecule is COc1ccc(-c2cc(C=O)c(=O)n(C)n2)cc1C. The molecule has 1 aromatic heterocycles. The van der Waals surface area contributed by atoms with Crippen molar-refractivity contribution < 1.29 is 9.53 Å². The Balaban J connectivity index is 2.59. The molecule has 0 N–H and O–H groups in total. The highest BCUT2D eigenvalue weighted by atomic mass is 16.5. The number of aldehydes is 1. The highest BCUT2D eigenvalue weighted by molar-refractivity contribution is 5.77. The van der Waals surface area contributed by atoms with Crippen LogP contribution in [0, 0.1) is 6.92 Å². The summed E-state index contributed by atoms with van der Waals surface area (Å²) in [4.78, 5) is 22.5. The first-order valence-electron chi connectivity index (χ1n) is 5.75. The highest BCUT2D eigenvalue weighted by Crippen LogP contribution is 2.24. The number of carbonyl (C=O) groups excluding carboxylic acids is 1. The van der Waals surface area contributed by atoms with E-state index in [-0.39, 0.29) is 5.56 Å². The Morgan fingerprint density at radius 3 is 2.63 bits per heavy atom. The van der Waals surface area contributed by atoms with E-state index in [9.17, 15) is 9.59 Å². The van der Waals surface area contributed by atoms with Gasteiger partial charge in [0.2, 0.25) is 0 Å². The fourth-order valence-corrected chi connectivity index (χ4v) is 1.90. The van der Waals surface area contributed by atoms with Gasteiger partial charge in [-0.1, -0.05) is 0 Å². The van der Waals surface area contributed by atoms with Gasteiger partial charge in [-0.15, -0.1) is 0 Å². The minimum atomic E-state index is -0.399. The van der Waals surface area contributed by atoms with Gasteiger partial charge in [0.05, 0.1) is 18.4 Å². The van der Waals surface area contributed by atoms with Crippen molar-refractivity contribution in [1.29, 1.82) is 0 Å². The minimum absolute atomic E-state index is 0.0981. The number of aryl methyl sites for hydroxylation is 2. The van der Waals surface area contributed by atoms with Gasteiger partial charge < -0.3 is 4.74 Å². The third kappa shape index (κ3) is 2.40. The van der Waals surface area contributed by atoms with Gasteiger partial charge in [-0.2, -0.15) is 5.10 Å². The molecule has 98 valence electrons. The van der Waals surface area contributed by atoms with Crippen molar-refractivity contribution in [2.45, 2.75) is 6.92 Å². The van der Waals surface area contributed by atoms with Crippen molar-refractivity contribution in [3.8, 4) is 17.0 Å². The number of rotatable bonds is 3. The zero-order chi connectivity index (χ0) is 14.0. The molecule has 0 aliphatic rings. The monoisotopic (exact) mass is 258 g/mol. The number of ether oxygens (including phenoxy) is 1. The second-order valence-electron chi connectivity index (χ2n) is 4.22.